The highest BCUT2D eigenvalue weighted by Gasteiger charge is 2.36. The van der Waals surface area contributed by atoms with Crippen LogP contribution in [0.15, 0.2) is 42.5 Å². The number of hydrogen-bond donors (Lipinski definition) is 1. The zero-order valence-corrected chi connectivity index (χ0v) is 12.5. The van der Waals surface area contributed by atoms with Crippen molar-refractivity contribution in [2.24, 2.45) is 0 Å². The first-order chi connectivity index (χ1) is 9.07. The molecule has 0 saturated heterocycles. The van der Waals surface area contributed by atoms with Gasteiger partial charge in [-0.1, -0.05) is 18.2 Å². The molecule has 0 spiro atoms. The minimum Gasteiger partial charge on any atom is -0.385 e. The van der Waals surface area contributed by atoms with E-state index in [9.17, 15) is 9.50 Å². The van der Waals surface area contributed by atoms with Gasteiger partial charge in [0.1, 0.15) is 5.82 Å². The quantitative estimate of drug-likeness (QED) is 0.800. The lowest BCUT2D eigenvalue weighted by molar-refractivity contribution is 0.0389. The summed E-state index contributed by atoms with van der Waals surface area (Å²) in [6, 6.07) is 12.9. The van der Waals surface area contributed by atoms with E-state index in [0.717, 1.165) is 23.1 Å². The smallest absolute Gasteiger partial charge is 0.123 e. The molecule has 0 fully saturated rings. The Bertz CT molecular complexity index is 609. The van der Waals surface area contributed by atoms with Crippen molar-refractivity contribution < 1.29 is 9.50 Å². The molecule has 1 unspecified atom stereocenters. The van der Waals surface area contributed by atoms with Gasteiger partial charge in [-0.25, -0.2) is 4.39 Å². The Labute approximate surface area is 125 Å². The van der Waals surface area contributed by atoms with Crippen LogP contribution in [0.2, 0.25) is 0 Å². The third-order valence-electron chi connectivity index (χ3n) is 3.79. The summed E-state index contributed by atoms with van der Waals surface area (Å²) in [7, 11) is 0. The van der Waals surface area contributed by atoms with Gasteiger partial charge in [0.05, 0.1) is 5.60 Å². The first-order valence-electron chi connectivity index (χ1n) is 6.33. The van der Waals surface area contributed by atoms with Crippen molar-refractivity contribution in [2.75, 3.05) is 0 Å². The molecule has 0 heterocycles. The molecule has 1 N–H and O–H groups in total. The fraction of sp³-hybridized carbons (Fsp3) is 0.250. The SMILES string of the molecule is OC1(Cc2ccc(I)cc2)CCc2cc(F)ccc21. The zero-order chi connectivity index (χ0) is 13.5. The van der Waals surface area contributed by atoms with Gasteiger partial charge >= 0.3 is 0 Å². The summed E-state index contributed by atoms with van der Waals surface area (Å²) in [6.45, 7) is 0. The van der Waals surface area contributed by atoms with E-state index in [2.05, 4.69) is 22.6 Å². The molecule has 1 nitrogen and oxygen atoms in total. The molecule has 0 amide bonds. The van der Waals surface area contributed by atoms with Crippen molar-refractivity contribution in [2.45, 2.75) is 24.9 Å². The second-order valence-electron chi connectivity index (χ2n) is 5.14. The van der Waals surface area contributed by atoms with Gasteiger partial charge in [-0.2, -0.15) is 0 Å². The first-order valence-corrected chi connectivity index (χ1v) is 7.40. The average molecular weight is 368 g/mol. The fourth-order valence-corrected chi connectivity index (χ4v) is 3.18. The molecule has 0 bridgehead atoms. The molecule has 19 heavy (non-hydrogen) atoms. The first kappa shape index (κ1) is 13.1. The largest absolute Gasteiger partial charge is 0.385 e. The minimum atomic E-state index is -0.851. The Morgan fingerprint density at radius 3 is 2.63 bits per heavy atom. The molecular formula is C16H14FIO. The lowest BCUT2D eigenvalue weighted by Gasteiger charge is -2.24. The van der Waals surface area contributed by atoms with E-state index in [-0.39, 0.29) is 5.82 Å². The summed E-state index contributed by atoms with van der Waals surface area (Å²) in [5, 5.41) is 10.8. The maximum absolute atomic E-state index is 13.2. The predicted molar refractivity (Wildman–Crippen MR) is 81.5 cm³/mol. The van der Waals surface area contributed by atoms with Crippen LogP contribution in [-0.4, -0.2) is 5.11 Å². The Kier molecular flexibility index (Phi) is 3.35. The summed E-state index contributed by atoms with van der Waals surface area (Å²) in [5.41, 5.74) is 2.08. The lowest BCUT2D eigenvalue weighted by Crippen LogP contribution is -2.25. The molecule has 0 radical (unpaired) electrons. The molecule has 3 rings (SSSR count). The van der Waals surface area contributed by atoms with Crippen molar-refractivity contribution in [1.82, 2.24) is 0 Å². The van der Waals surface area contributed by atoms with E-state index < -0.39 is 5.60 Å². The second kappa shape index (κ2) is 4.87. The van der Waals surface area contributed by atoms with Crippen molar-refractivity contribution in [3.05, 3.63) is 68.5 Å². The topological polar surface area (TPSA) is 20.2 Å². The van der Waals surface area contributed by atoms with Gasteiger partial charge in [0.2, 0.25) is 0 Å². The third-order valence-corrected chi connectivity index (χ3v) is 4.51. The van der Waals surface area contributed by atoms with Crippen LogP contribution in [0.25, 0.3) is 0 Å². The molecule has 3 heteroatoms. The summed E-state index contributed by atoms with van der Waals surface area (Å²) < 4.78 is 14.4. The monoisotopic (exact) mass is 368 g/mol. The number of benzene rings is 2. The molecule has 0 aliphatic heterocycles. The Balaban J connectivity index is 1.92. The van der Waals surface area contributed by atoms with Gasteiger partial charge in [-0.05, 0) is 76.4 Å². The molecule has 2 aromatic rings. The molecule has 1 atom stereocenters. The molecule has 1 aliphatic carbocycles. The highest BCUT2D eigenvalue weighted by molar-refractivity contribution is 14.1. The third kappa shape index (κ3) is 2.54. The number of fused-ring (bicyclic) bond motifs is 1. The van der Waals surface area contributed by atoms with E-state index in [1.54, 1.807) is 12.1 Å². The fourth-order valence-electron chi connectivity index (χ4n) is 2.82. The second-order valence-corrected chi connectivity index (χ2v) is 6.38. The molecule has 1 aliphatic rings. The Morgan fingerprint density at radius 1 is 1.16 bits per heavy atom. The van der Waals surface area contributed by atoms with Crippen LogP contribution >= 0.6 is 22.6 Å². The predicted octanol–water partition coefficient (Wildman–Crippen LogP) is 3.81. The number of rotatable bonds is 2. The van der Waals surface area contributed by atoms with Crippen molar-refractivity contribution >= 4 is 22.6 Å². The summed E-state index contributed by atoms with van der Waals surface area (Å²) in [4.78, 5) is 0. The maximum atomic E-state index is 13.2. The van der Waals surface area contributed by atoms with Gasteiger partial charge < -0.3 is 5.11 Å². The van der Waals surface area contributed by atoms with Gasteiger partial charge in [0.15, 0.2) is 0 Å². The van der Waals surface area contributed by atoms with Crippen LogP contribution in [-0.2, 0) is 18.4 Å². The Morgan fingerprint density at radius 2 is 1.89 bits per heavy atom. The van der Waals surface area contributed by atoms with E-state index in [1.807, 2.05) is 24.3 Å². The van der Waals surface area contributed by atoms with Gasteiger partial charge in [0, 0.05) is 9.99 Å². The minimum absolute atomic E-state index is 0.225. The maximum Gasteiger partial charge on any atom is 0.123 e. The van der Waals surface area contributed by atoms with Gasteiger partial charge in [0.25, 0.3) is 0 Å². The average Bonchev–Trinajstić information content (AvgIpc) is 2.69. The molecule has 0 aromatic heterocycles. The summed E-state index contributed by atoms with van der Waals surface area (Å²) in [6.07, 6.45) is 1.99. The normalized spacial score (nSPS) is 21.4. The zero-order valence-electron chi connectivity index (χ0n) is 10.4. The molecule has 2 aromatic carbocycles. The highest BCUT2D eigenvalue weighted by atomic mass is 127. The molecular weight excluding hydrogens is 354 g/mol. The summed E-state index contributed by atoms with van der Waals surface area (Å²) >= 11 is 2.26. The van der Waals surface area contributed by atoms with Crippen LogP contribution < -0.4 is 0 Å². The van der Waals surface area contributed by atoms with E-state index in [0.29, 0.717) is 12.8 Å². The number of aryl methyl sites for hydroxylation is 1. The van der Waals surface area contributed by atoms with Gasteiger partial charge in [-0.15, -0.1) is 0 Å². The molecule has 98 valence electrons. The van der Waals surface area contributed by atoms with E-state index >= 15 is 0 Å². The van der Waals surface area contributed by atoms with Crippen molar-refractivity contribution in [1.29, 1.82) is 0 Å². The van der Waals surface area contributed by atoms with Gasteiger partial charge in [-0.3, -0.25) is 0 Å². The van der Waals surface area contributed by atoms with Crippen LogP contribution in [0.5, 0.6) is 0 Å². The van der Waals surface area contributed by atoms with Crippen LogP contribution in [0.4, 0.5) is 4.39 Å². The van der Waals surface area contributed by atoms with Crippen molar-refractivity contribution in [3.63, 3.8) is 0 Å². The summed E-state index contributed by atoms with van der Waals surface area (Å²) in [5.74, 6) is -0.225. The van der Waals surface area contributed by atoms with Crippen LogP contribution in [0.1, 0.15) is 23.1 Å². The number of halogens is 2. The number of aliphatic hydroxyl groups is 1. The Hall–Kier alpha value is -0.940. The lowest BCUT2D eigenvalue weighted by atomic mass is 9.89. The molecule has 0 saturated carbocycles. The van der Waals surface area contributed by atoms with Crippen molar-refractivity contribution in [3.8, 4) is 0 Å². The standard InChI is InChI=1S/C16H14FIO/c17-13-3-6-15-12(9-13)7-8-16(15,19)10-11-1-4-14(18)5-2-11/h1-6,9,19H,7-8,10H2. The van der Waals surface area contributed by atoms with Crippen LogP contribution in [0.3, 0.4) is 0 Å². The van der Waals surface area contributed by atoms with E-state index in [4.69, 9.17) is 0 Å². The van der Waals surface area contributed by atoms with Crippen LogP contribution in [0, 0.1) is 9.39 Å². The van der Waals surface area contributed by atoms with E-state index in [1.165, 1.54) is 9.64 Å². The highest BCUT2D eigenvalue weighted by Crippen LogP contribution is 2.39. The number of hydrogen-bond acceptors (Lipinski definition) is 1.